The Morgan fingerprint density at radius 2 is 1.95 bits per heavy atom. The first-order chi connectivity index (χ1) is 9.56. The second kappa shape index (κ2) is 7.48. The third kappa shape index (κ3) is 3.77. The molecule has 0 amide bonds. The summed E-state index contributed by atoms with van der Waals surface area (Å²) in [5.74, 6) is 0.107. The van der Waals surface area contributed by atoms with E-state index in [9.17, 15) is 9.90 Å². The molecule has 0 aliphatic carbocycles. The third-order valence-electron chi connectivity index (χ3n) is 3.84. The van der Waals surface area contributed by atoms with Gasteiger partial charge >= 0.3 is 7.05 Å². The average molecular weight is 312 g/mol. The fraction of sp³-hybridized carbons (Fsp3) is 0.438. The largest absolute Gasteiger partial charge is 1.00 e. The second-order valence-electron chi connectivity index (χ2n) is 4.95. The molecule has 4 nitrogen and oxygen atoms in total. The Morgan fingerprint density at radius 3 is 2.57 bits per heavy atom. The lowest BCUT2D eigenvalue weighted by Crippen LogP contribution is -3.00. The highest BCUT2D eigenvalue weighted by Gasteiger charge is 2.12. The van der Waals surface area contributed by atoms with E-state index in [0.29, 0.717) is 12.0 Å². The summed E-state index contributed by atoms with van der Waals surface area (Å²) in [7, 11) is 0. The molecular weight excluding hydrogens is 290 g/mol. The zero-order chi connectivity index (χ0) is 14.7. The molecule has 0 atom stereocenters. The molecule has 2 aromatic rings. The van der Waals surface area contributed by atoms with Crippen molar-refractivity contribution >= 4 is 11.0 Å². The van der Waals surface area contributed by atoms with Gasteiger partial charge in [-0.05, 0) is 44.1 Å². The van der Waals surface area contributed by atoms with Gasteiger partial charge < -0.3 is 26.8 Å². The topological polar surface area (TPSA) is 53.7 Å². The summed E-state index contributed by atoms with van der Waals surface area (Å²) in [6, 6.07) is 4.89. The summed E-state index contributed by atoms with van der Waals surface area (Å²) >= 11 is 0. The molecule has 0 fully saturated rings. The number of halogens is 1. The van der Waals surface area contributed by atoms with Crippen LogP contribution < -0.4 is 18.0 Å². The van der Waals surface area contributed by atoms with Crippen molar-refractivity contribution in [3.63, 3.8) is 0 Å². The maximum Gasteiger partial charge on any atom is 1.00 e. The maximum absolute atomic E-state index is 12.1. The van der Waals surface area contributed by atoms with Crippen molar-refractivity contribution in [1.82, 2.24) is 4.90 Å². The zero-order valence-electron chi connectivity index (χ0n) is 13.6. The minimum absolute atomic E-state index is 0. The average Bonchev–Trinajstić information content (AvgIpc) is 2.42. The van der Waals surface area contributed by atoms with Gasteiger partial charge in [0.1, 0.15) is 11.3 Å². The molecule has 5 heteroatoms. The van der Waals surface area contributed by atoms with E-state index in [1.165, 1.54) is 6.07 Å². The molecule has 0 bridgehead atoms. The van der Waals surface area contributed by atoms with E-state index < -0.39 is 0 Å². The smallest absolute Gasteiger partial charge is 1.00 e. The van der Waals surface area contributed by atoms with E-state index in [0.717, 1.165) is 36.1 Å². The molecule has 0 unspecified atom stereocenters. The Kier molecular flexibility index (Phi) is 6.24. The first-order valence-corrected chi connectivity index (χ1v) is 7.04. The molecule has 0 saturated carbocycles. The number of hydrogen-bond donors (Lipinski definition) is 1. The Bertz CT molecular complexity index is 668. The first-order valence-electron chi connectivity index (χ1n) is 7.04. The van der Waals surface area contributed by atoms with Gasteiger partial charge in [-0.1, -0.05) is 13.8 Å². The molecule has 1 N–H and O–H groups in total. The van der Waals surface area contributed by atoms with Gasteiger partial charge in [-0.25, -0.2) is 4.79 Å². The van der Waals surface area contributed by atoms with Crippen molar-refractivity contribution in [2.45, 2.75) is 27.2 Å². The monoisotopic (exact) mass is 311 g/mol. The molecule has 0 saturated heterocycles. The molecule has 1 heterocycles. The third-order valence-corrected chi connectivity index (χ3v) is 3.84. The van der Waals surface area contributed by atoms with Gasteiger partial charge in [-0.2, -0.15) is 0 Å². The van der Waals surface area contributed by atoms with Crippen LogP contribution in [0.3, 0.4) is 0 Å². The van der Waals surface area contributed by atoms with Crippen LogP contribution in [-0.4, -0.2) is 29.6 Å². The zero-order valence-corrected chi connectivity index (χ0v) is 13.4. The van der Waals surface area contributed by atoms with E-state index in [4.69, 9.17) is 4.42 Å². The molecule has 0 aliphatic heterocycles. The van der Waals surface area contributed by atoms with Crippen LogP contribution in [0, 0.1) is 6.92 Å². The van der Waals surface area contributed by atoms with Crippen LogP contribution >= 0.6 is 0 Å². The summed E-state index contributed by atoms with van der Waals surface area (Å²) < 4.78 is 5.32. The quantitative estimate of drug-likeness (QED) is 0.778. The number of benzene rings is 1. The van der Waals surface area contributed by atoms with E-state index in [-0.39, 0.29) is 25.2 Å². The van der Waals surface area contributed by atoms with Gasteiger partial charge in [-0.3, -0.25) is 0 Å². The van der Waals surface area contributed by atoms with Crippen LogP contribution in [0.1, 0.15) is 26.4 Å². The first kappa shape index (κ1) is 17.5. The summed E-state index contributed by atoms with van der Waals surface area (Å²) in [5, 5.41) is 10.3. The highest BCUT2D eigenvalue weighted by atomic mass is 35.5. The van der Waals surface area contributed by atoms with Crippen molar-refractivity contribution in [3.05, 3.63) is 39.7 Å². The molecule has 0 spiro atoms. The Hall–Kier alpha value is -1.52. The lowest BCUT2D eigenvalue weighted by atomic mass is 10.0. The number of rotatable bonds is 5. The SMILES string of the molecule is CCN(CC)CCc1c(C)c2ccc(O)cc2oc1=O.[Cl-].[H+]. The number of hydrogen-bond acceptors (Lipinski definition) is 4. The summed E-state index contributed by atoms with van der Waals surface area (Å²) in [5.41, 5.74) is 1.82. The van der Waals surface area contributed by atoms with Gasteiger partial charge in [0.25, 0.3) is 0 Å². The van der Waals surface area contributed by atoms with Crippen molar-refractivity contribution < 1.29 is 23.4 Å². The lowest BCUT2D eigenvalue weighted by molar-refractivity contribution is -0.00000591. The second-order valence-corrected chi connectivity index (χ2v) is 4.95. The number of aryl methyl sites for hydroxylation is 1. The highest BCUT2D eigenvalue weighted by molar-refractivity contribution is 5.82. The highest BCUT2D eigenvalue weighted by Crippen LogP contribution is 2.23. The van der Waals surface area contributed by atoms with Gasteiger partial charge in [0.05, 0.1) is 0 Å². The molecule has 21 heavy (non-hydrogen) atoms. The molecular formula is C16H22ClNO3. The Labute approximate surface area is 132 Å². The predicted molar refractivity (Wildman–Crippen MR) is 81.5 cm³/mol. The van der Waals surface area contributed by atoms with E-state index >= 15 is 0 Å². The van der Waals surface area contributed by atoms with Crippen LogP contribution in [0.5, 0.6) is 5.75 Å². The van der Waals surface area contributed by atoms with Crippen LogP contribution in [0.25, 0.3) is 11.0 Å². The van der Waals surface area contributed by atoms with Gasteiger partial charge in [-0.15, -0.1) is 0 Å². The molecule has 116 valence electrons. The maximum atomic E-state index is 12.1. The van der Waals surface area contributed by atoms with Crippen LogP contribution in [0.15, 0.2) is 27.4 Å². The number of aromatic hydroxyl groups is 1. The van der Waals surface area contributed by atoms with Crippen molar-refractivity contribution in [2.24, 2.45) is 0 Å². The van der Waals surface area contributed by atoms with E-state index in [2.05, 4.69) is 18.7 Å². The fourth-order valence-electron chi connectivity index (χ4n) is 2.48. The van der Waals surface area contributed by atoms with Gasteiger partial charge in [0.15, 0.2) is 0 Å². The van der Waals surface area contributed by atoms with E-state index in [1.807, 2.05) is 6.92 Å². The number of phenolic OH excluding ortho intramolecular Hbond substituents is 1. The van der Waals surface area contributed by atoms with E-state index in [1.54, 1.807) is 12.1 Å². The molecule has 2 rings (SSSR count). The number of likely N-dealkylation sites (N-methyl/N-ethyl adjacent to an activating group) is 1. The Balaban J connectivity index is 0.00000220. The number of nitrogens with zero attached hydrogens (tertiary/aromatic N) is 1. The minimum Gasteiger partial charge on any atom is -1.00 e. The van der Waals surface area contributed by atoms with Crippen LogP contribution in [0.2, 0.25) is 0 Å². The number of fused-ring (bicyclic) bond motifs is 1. The standard InChI is InChI=1S/C16H21NO3.ClH/c1-4-17(5-2)9-8-14-11(3)13-7-6-12(18)10-15(13)20-16(14)19;/h6-7,10,18H,4-5,8-9H2,1-3H3;1H. The summed E-state index contributed by atoms with van der Waals surface area (Å²) in [6.45, 7) is 8.96. The Morgan fingerprint density at radius 1 is 1.29 bits per heavy atom. The lowest BCUT2D eigenvalue weighted by Gasteiger charge is -2.18. The number of phenols is 1. The molecule has 0 aliphatic rings. The molecule has 1 aromatic heterocycles. The van der Waals surface area contributed by atoms with Crippen molar-refractivity contribution in [2.75, 3.05) is 19.6 Å². The minimum atomic E-state index is -0.298. The molecule has 1 aromatic carbocycles. The van der Waals surface area contributed by atoms with Crippen LogP contribution in [0.4, 0.5) is 0 Å². The predicted octanol–water partition coefficient (Wildman–Crippen LogP) is -0.192. The fourth-order valence-corrected chi connectivity index (χ4v) is 2.48. The molecule has 0 radical (unpaired) electrons. The van der Waals surface area contributed by atoms with Gasteiger partial charge in [0.2, 0.25) is 0 Å². The van der Waals surface area contributed by atoms with Crippen molar-refractivity contribution in [1.29, 1.82) is 0 Å². The summed E-state index contributed by atoms with van der Waals surface area (Å²) in [4.78, 5) is 14.4. The van der Waals surface area contributed by atoms with Crippen LogP contribution in [-0.2, 0) is 6.42 Å². The van der Waals surface area contributed by atoms with Gasteiger partial charge in [0, 0.05) is 23.6 Å². The summed E-state index contributed by atoms with van der Waals surface area (Å²) in [6.07, 6.45) is 0.687. The van der Waals surface area contributed by atoms with Crippen molar-refractivity contribution in [3.8, 4) is 5.75 Å². The normalized spacial score (nSPS) is 10.9.